The van der Waals surface area contributed by atoms with Crippen molar-refractivity contribution in [2.24, 2.45) is 0 Å². The zero-order chi connectivity index (χ0) is 6.85. The van der Waals surface area contributed by atoms with Gasteiger partial charge in [0.2, 0.25) is 0 Å². The summed E-state index contributed by atoms with van der Waals surface area (Å²) in [6.45, 7) is 0.833. The summed E-state index contributed by atoms with van der Waals surface area (Å²) in [4.78, 5) is 1.72. The van der Waals surface area contributed by atoms with E-state index in [-0.39, 0.29) is 0 Å². The zero-order valence-corrected chi connectivity index (χ0v) is 6.04. The van der Waals surface area contributed by atoms with Gasteiger partial charge in [-0.25, -0.2) is 4.39 Å². The molecule has 0 aromatic heterocycles. The molecule has 0 atom stereocenters. The van der Waals surface area contributed by atoms with Crippen LogP contribution in [0.5, 0.6) is 0 Å². The van der Waals surface area contributed by atoms with Gasteiger partial charge in [0.05, 0.1) is 13.1 Å². The lowest BCUT2D eigenvalue weighted by molar-refractivity contribution is 0.133. The maximum atomic E-state index is 12.1. The van der Waals surface area contributed by atoms with Crippen LogP contribution < -0.4 is 0 Å². The van der Waals surface area contributed by atoms with Gasteiger partial charge in [-0.2, -0.15) is 0 Å². The Morgan fingerprint density at radius 1 is 1.78 bits per heavy atom. The highest BCUT2D eigenvalue weighted by Crippen LogP contribution is 2.15. The summed E-state index contributed by atoms with van der Waals surface area (Å²) in [5, 5.41) is 7.68. The van der Waals surface area contributed by atoms with E-state index in [1.807, 2.05) is 6.26 Å². The minimum atomic E-state index is -0.697. The molecule has 1 saturated heterocycles. The van der Waals surface area contributed by atoms with Gasteiger partial charge in [0.15, 0.2) is 5.17 Å². The van der Waals surface area contributed by atoms with Gasteiger partial charge in [-0.3, -0.25) is 5.41 Å². The smallest absolute Gasteiger partial charge is 0.156 e. The molecule has 1 heterocycles. The molecule has 1 N–H and O–H groups in total. The molecule has 0 radical (unpaired) electrons. The Balaban J connectivity index is 2.23. The molecule has 1 aliphatic heterocycles. The number of hydrogen-bond donors (Lipinski definition) is 1. The van der Waals surface area contributed by atoms with Crippen molar-refractivity contribution < 1.29 is 4.39 Å². The highest BCUT2D eigenvalue weighted by Gasteiger charge is 2.27. The van der Waals surface area contributed by atoms with Crippen LogP contribution in [0.4, 0.5) is 4.39 Å². The largest absolute Gasteiger partial charge is 0.346 e. The summed E-state index contributed by atoms with van der Waals surface area (Å²) in [5.74, 6) is 0. The fraction of sp³-hybridized carbons (Fsp3) is 0.800. The van der Waals surface area contributed by atoms with Crippen LogP contribution in [0, 0.1) is 5.41 Å². The number of amidine groups is 1. The van der Waals surface area contributed by atoms with Crippen molar-refractivity contribution in [3.63, 3.8) is 0 Å². The Morgan fingerprint density at radius 2 is 2.33 bits per heavy atom. The van der Waals surface area contributed by atoms with E-state index >= 15 is 0 Å². The fourth-order valence-corrected chi connectivity index (χ4v) is 1.13. The first-order valence-electron chi connectivity index (χ1n) is 2.75. The predicted octanol–water partition coefficient (Wildman–Crippen LogP) is 0.938. The molecule has 0 spiro atoms. The average molecular weight is 148 g/mol. The van der Waals surface area contributed by atoms with Crippen molar-refractivity contribution >= 4 is 16.9 Å². The molecular formula is C5H9FN2S. The SMILES string of the molecule is CSC(=N)N1CC(F)C1. The highest BCUT2D eigenvalue weighted by atomic mass is 32.2. The van der Waals surface area contributed by atoms with Crippen LogP contribution in [-0.2, 0) is 0 Å². The molecule has 0 aromatic rings. The molecule has 4 heteroatoms. The van der Waals surface area contributed by atoms with Gasteiger partial charge in [0.25, 0.3) is 0 Å². The van der Waals surface area contributed by atoms with Crippen molar-refractivity contribution in [3.05, 3.63) is 0 Å². The molecule has 9 heavy (non-hydrogen) atoms. The topological polar surface area (TPSA) is 27.1 Å². The summed E-state index contributed by atoms with van der Waals surface area (Å²) in [5.41, 5.74) is 0. The van der Waals surface area contributed by atoms with Crippen molar-refractivity contribution in [2.45, 2.75) is 6.17 Å². The molecule has 1 rings (SSSR count). The number of hydrogen-bond acceptors (Lipinski definition) is 2. The zero-order valence-electron chi connectivity index (χ0n) is 5.22. The second-order valence-corrected chi connectivity index (χ2v) is 2.81. The molecule has 1 aliphatic rings. The molecule has 0 bridgehead atoms. The Bertz CT molecular complexity index is 122. The summed E-state index contributed by atoms with van der Waals surface area (Å²) >= 11 is 1.35. The molecule has 0 aliphatic carbocycles. The van der Waals surface area contributed by atoms with Gasteiger partial charge < -0.3 is 4.90 Å². The fourth-order valence-electron chi connectivity index (χ4n) is 0.720. The van der Waals surface area contributed by atoms with Crippen molar-refractivity contribution in [3.8, 4) is 0 Å². The Hall–Kier alpha value is -0.250. The van der Waals surface area contributed by atoms with Crippen molar-refractivity contribution in [1.29, 1.82) is 5.41 Å². The number of alkyl halides is 1. The minimum Gasteiger partial charge on any atom is -0.346 e. The molecule has 2 nitrogen and oxygen atoms in total. The summed E-state index contributed by atoms with van der Waals surface area (Å²) < 4.78 is 12.1. The van der Waals surface area contributed by atoms with Gasteiger partial charge in [-0.15, -0.1) is 0 Å². The van der Waals surface area contributed by atoms with Gasteiger partial charge in [0, 0.05) is 0 Å². The number of nitrogens with zero attached hydrogens (tertiary/aromatic N) is 1. The van der Waals surface area contributed by atoms with E-state index in [9.17, 15) is 4.39 Å². The van der Waals surface area contributed by atoms with E-state index in [0.717, 1.165) is 0 Å². The van der Waals surface area contributed by atoms with Crippen LogP contribution in [0.25, 0.3) is 0 Å². The second kappa shape index (κ2) is 2.56. The van der Waals surface area contributed by atoms with Crippen molar-refractivity contribution in [2.75, 3.05) is 19.3 Å². The lowest BCUT2D eigenvalue weighted by Gasteiger charge is -2.35. The Kier molecular flexibility index (Phi) is 1.95. The summed E-state index contributed by atoms with van der Waals surface area (Å²) in [6, 6.07) is 0. The Labute approximate surface area is 57.9 Å². The van der Waals surface area contributed by atoms with Gasteiger partial charge in [-0.05, 0) is 6.26 Å². The maximum Gasteiger partial charge on any atom is 0.156 e. The number of nitrogens with one attached hydrogen (secondary N) is 1. The molecule has 0 unspecified atom stereocenters. The van der Waals surface area contributed by atoms with Crippen LogP contribution in [0.15, 0.2) is 0 Å². The molecule has 0 saturated carbocycles. The molecular weight excluding hydrogens is 139 g/mol. The van der Waals surface area contributed by atoms with Crippen LogP contribution in [0.3, 0.4) is 0 Å². The first-order valence-corrected chi connectivity index (χ1v) is 3.98. The lowest BCUT2D eigenvalue weighted by atomic mass is 10.2. The van der Waals surface area contributed by atoms with E-state index in [1.165, 1.54) is 11.8 Å². The summed E-state index contributed by atoms with van der Waals surface area (Å²) in [7, 11) is 0. The number of likely N-dealkylation sites (tertiary alicyclic amines) is 1. The molecule has 0 amide bonds. The van der Waals surface area contributed by atoms with Gasteiger partial charge in [0.1, 0.15) is 6.17 Å². The quantitative estimate of drug-likeness (QED) is 0.409. The van der Waals surface area contributed by atoms with Gasteiger partial charge in [-0.1, -0.05) is 11.8 Å². The van der Waals surface area contributed by atoms with Crippen LogP contribution in [0.1, 0.15) is 0 Å². The van der Waals surface area contributed by atoms with E-state index in [4.69, 9.17) is 5.41 Å². The van der Waals surface area contributed by atoms with E-state index < -0.39 is 6.17 Å². The molecule has 1 fully saturated rings. The number of rotatable bonds is 0. The summed E-state index contributed by atoms with van der Waals surface area (Å²) in [6.07, 6.45) is 1.13. The van der Waals surface area contributed by atoms with Gasteiger partial charge >= 0.3 is 0 Å². The van der Waals surface area contributed by atoms with E-state index in [0.29, 0.717) is 18.3 Å². The third-order valence-electron chi connectivity index (χ3n) is 1.32. The monoisotopic (exact) mass is 148 g/mol. The van der Waals surface area contributed by atoms with E-state index in [1.54, 1.807) is 4.90 Å². The highest BCUT2D eigenvalue weighted by molar-refractivity contribution is 8.13. The molecule has 0 aromatic carbocycles. The minimum absolute atomic E-state index is 0.416. The van der Waals surface area contributed by atoms with Crippen LogP contribution >= 0.6 is 11.8 Å². The third-order valence-corrected chi connectivity index (χ3v) is 1.96. The Morgan fingerprint density at radius 3 is 2.67 bits per heavy atom. The number of thioether (sulfide) groups is 1. The van der Waals surface area contributed by atoms with Crippen LogP contribution in [0.2, 0.25) is 0 Å². The standard InChI is InChI=1S/C5H9FN2S/c1-9-5(7)8-2-4(6)3-8/h4,7H,2-3H2,1H3. The first kappa shape index (κ1) is 6.86. The lowest BCUT2D eigenvalue weighted by Crippen LogP contribution is -2.50. The predicted molar refractivity (Wildman–Crippen MR) is 37.7 cm³/mol. The maximum absolute atomic E-state index is 12.1. The third kappa shape index (κ3) is 1.36. The second-order valence-electron chi connectivity index (χ2n) is 2.01. The first-order chi connectivity index (χ1) is 4.24. The van der Waals surface area contributed by atoms with E-state index in [2.05, 4.69) is 0 Å². The van der Waals surface area contributed by atoms with Crippen molar-refractivity contribution in [1.82, 2.24) is 4.90 Å². The average Bonchev–Trinajstić information content (AvgIpc) is 1.79. The van der Waals surface area contributed by atoms with Crippen LogP contribution in [-0.4, -0.2) is 35.6 Å². The normalized spacial score (nSPS) is 19.6. The number of halogens is 1. The molecule has 52 valence electrons.